The molecule has 0 bridgehead atoms. The number of aryl methyl sites for hydroxylation is 1. The first-order valence-electron chi connectivity index (χ1n) is 9.41. The Morgan fingerprint density at radius 3 is 2.68 bits per heavy atom. The van der Waals surface area contributed by atoms with Crippen molar-refractivity contribution < 1.29 is 5.11 Å². The lowest BCUT2D eigenvalue weighted by atomic mass is 9.87. The quantitative estimate of drug-likeness (QED) is 0.816. The van der Waals surface area contributed by atoms with Crippen molar-refractivity contribution in [2.24, 2.45) is 11.8 Å². The molecule has 0 saturated carbocycles. The van der Waals surface area contributed by atoms with E-state index in [1.165, 1.54) is 18.4 Å². The van der Waals surface area contributed by atoms with E-state index < -0.39 is 6.10 Å². The smallest absolute Gasteiger partial charge is 0.0957 e. The van der Waals surface area contributed by atoms with E-state index in [9.17, 15) is 5.11 Å². The number of aliphatic hydroxyl groups is 1. The number of benzene rings is 1. The summed E-state index contributed by atoms with van der Waals surface area (Å²) in [5.41, 5.74) is 3.11. The van der Waals surface area contributed by atoms with Gasteiger partial charge in [-0.1, -0.05) is 31.6 Å². The van der Waals surface area contributed by atoms with Gasteiger partial charge in [0.05, 0.1) is 11.6 Å². The third kappa shape index (κ3) is 3.78. The van der Waals surface area contributed by atoms with Crippen molar-refractivity contribution in [3.63, 3.8) is 0 Å². The SMILES string of the molecule is C=CC(C)C(C(O)c1ccnc2ccc(C)cc12)N1CCC(C)CC1. The number of hydrogen-bond donors (Lipinski definition) is 1. The van der Waals surface area contributed by atoms with Crippen LogP contribution in [0.25, 0.3) is 10.9 Å². The molecule has 3 heteroatoms. The zero-order valence-corrected chi connectivity index (χ0v) is 15.7. The molecular weight excluding hydrogens is 308 g/mol. The fraction of sp³-hybridized carbons (Fsp3) is 0.500. The minimum absolute atomic E-state index is 0.0520. The average molecular weight is 338 g/mol. The van der Waals surface area contributed by atoms with Crippen LogP contribution in [0.2, 0.25) is 0 Å². The molecule has 134 valence electrons. The third-order valence-electron chi connectivity index (χ3n) is 5.72. The molecule has 1 aromatic carbocycles. The van der Waals surface area contributed by atoms with E-state index in [4.69, 9.17) is 0 Å². The van der Waals surface area contributed by atoms with Crippen LogP contribution in [0.4, 0.5) is 0 Å². The van der Waals surface area contributed by atoms with Gasteiger partial charge < -0.3 is 5.11 Å². The van der Waals surface area contributed by atoms with Gasteiger partial charge in [0.15, 0.2) is 0 Å². The van der Waals surface area contributed by atoms with Gasteiger partial charge in [0.25, 0.3) is 0 Å². The van der Waals surface area contributed by atoms with Crippen LogP contribution in [0.5, 0.6) is 0 Å². The van der Waals surface area contributed by atoms with E-state index in [-0.39, 0.29) is 12.0 Å². The summed E-state index contributed by atoms with van der Waals surface area (Å²) in [7, 11) is 0. The summed E-state index contributed by atoms with van der Waals surface area (Å²) in [6, 6.07) is 8.27. The molecule has 3 nitrogen and oxygen atoms in total. The lowest BCUT2D eigenvalue weighted by Gasteiger charge is -2.41. The van der Waals surface area contributed by atoms with Crippen LogP contribution in [-0.4, -0.2) is 34.1 Å². The van der Waals surface area contributed by atoms with Crippen LogP contribution >= 0.6 is 0 Å². The van der Waals surface area contributed by atoms with Gasteiger partial charge in [-0.25, -0.2) is 0 Å². The van der Waals surface area contributed by atoms with Crippen molar-refractivity contribution in [2.45, 2.75) is 45.8 Å². The van der Waals surface area contributed by atoms with Gasteiger partial charge in [-0.15, -0.1) is 6.58 Å². The average Bonchev–Trinajstić information content (AvgIpc) is 2.62. The second kappa shape index (κ2) is 7.67. The maximum absolute atomic E-state index is 11.4. The summed E-state index contributed by atoms with van der Waals surface area (Å²) < 4.78 is 0. The molecule has 3 unspecified atom stereocenters. The summed E-state index contributed by atoms with van der Waals surface area (Å²) in [4.78, 5) is 6.92. The third-order valence-corrected chi connectivity index (χ3v) is 5.72. The Hall–Kier alpha value is -1.71. The zero-order valence-electron chi connectivity index (χ0n) is 15.7. The van der Waals surface area contributed by atoms with E-state index in [1.54, 1.807) is 0 Å². The van der Waals surface area contributed by atoms with Gasteiger partial charge in [0.2, 0.25) is 0 Å². The van der Waals surface area contributed by atoms with Gasteiger partial charge in [-0.3, -0.25) is 9.88 Å². The second-order valence-corrected chi connectivity index (χ2v) is 7.67. The highest BCUT2D eigenvalue weighted by Gasteiger charge is 2.33. The topological polar surface area (TPSA) is 36.4 Å². The molecule has 1 fully saturated rings. The fourth-order valence-corrected chi connectivity index (χ4v) is 4.01. The predicted molar refractivity (Wildman–Crippen MR) is 105 cm³/mol. The Morgan fingerprint density at radius 1 is 1.28 bits per heavy atom. The van der Waals surface area contributed by atoms with E-state index in [0.29, 0.717) is 0 Å². The molecule has 0 spiro atoms. The Morgan fingerprint density at radius 2 is 2.00 bits per heavy atom. The number of nitrogens with zero attached hydrogens (tertiary/aromatic N) is 2. The number of fused-ring (bicyclic) bond motifs is 1. The Balaban J connectivity index is 1.99. The van der Waals surface area contributed by atoms with Gasteiger partial charge >= 0.3 is 0 Å². The second-order valence-electron chi connectivity index (χ2n) is 7.67. The number of rotatable bonds is 5. The summed E-state index contributed by atoms with van der Waals surface area (Å²) in [5, 5.41) is 12.4. The number of pyridine rings is 1. The molecule has 3 atom stereocenters. The highest BCUT2D eigenvalue weighted by atomic mass is 16.3. The van der Waals surface area contributed by atoms with Gasteiger partial charge in [0.1, 0.15) is 0 Å². The van der Waals surface area contributed by atoms with Gasteiger partial charge in [0, 0.05) is 17.6 Å². The number of hydrogen-bond acceptors (Lipinski definition) is 3. The minimum Gasteiger partial charge on any atom is -0.387 e. The molecule has 1 aliphatic heterocycles. The van der Waals surface area contributed by atoms with Crippen LogP contribution in [0.15, 0.2) is 43.1 Å². The van der Waals surface area contributed by atoms with E-state index >= 15 is 0 Å². The molecule has 2 heterocycles. The van der Waals surface area contributed by atoms with Crippen molar-refractivity contribution in [1.82, 2.24) is 9.88 Å². The first-order chi connectivity index (χ1) is 12.0. The minimum atomic E-state index is -0.547. The summed E-state index contributed by atoms with van der Waals surface area (Å²) in [6.45, 7) is 12.6. The molecule has 1 N–H and O–H groups in total. The molecular formula is C22H30N2O. The summed E-state index contributed by atoms with van der Waals surface area (Å²) in [5.74, 6) is 0.994. The Bertz CT molecular complexity index is 734. The zero-order chi connectivity index (χ0) is 18.0. The lowest BCUT2D eigenvalue weighted by Crippen LogP contribution is -2.47. The maximum atomic E-state index is 11.4. The van der Waals surface area contributed by atoms with Crippen LogP contribution < -0.4 is 0 Å². The number of likely N-dealkylation sites (tertiary alicyclic amines) is 1. The Labute approximate surface area is 151 Å². The van der Waals surface area contributed by atoms with Gasteiger partial charge in [-0.2, -0.15) is 0 Å². The summed E-state index contributed by atoms with van der Waals surface area (Å²) in [6.07, 6.45) is 5.63. The molecule has 25 heavy (non-hydrogen) atoms. The van der Waals surface area contributed by atoms with Crippen molar-refractivity contribution in [3.05, 3.63) is 54.2 Å². The van der Waals surface area contributed by atoms with Crippen LogP contribution in [0.1, 0.15) is 43.9 Å². The predicted octanol–water partition coefficient (Wildman–Crippen LogP) is 4.50. The highest BCUT2D eigenvalue weighted by molar-refractivity contribution is 5.83. The standard InChI is InChI=1S/C22H30N2O/c1-5-17(4)21(24-12-9-15(2)10-13-24)22(25)18-8-11-23-20-7-6-16(3)14-19(18)20/h5-8,11,14-15,17,21-22,25H,1,9-10,12-13H2,2-4H3. The fourth-order valence-electron chi connectivity index (χ4n) is 4.01. The highest BCUT2D eigenvalue weighted by Crippen LogP contribution is 2.33. The van der Waals surface area contributed by atoms with Crippen LogP contribution in [0.3, 0.4) is 0 Å². The largest absolute Gasteiger partial charge is 0.387 e. The maximum Gasteiger partial charge on any atom is 0.0957 e. The molecule has 3 rings (SSSR count). The van der Waals surface area contributed by atoms with E-state index in [0.717, 1.165) is 35.5 Å². The molecule has 1 aliphatic rings. The number of aliphatic hydroxyl groups excluding tert-OH is 1. The van der Waals surface area contributed by atoms with Crippen molar-refractivity contribution in [2.75, 3.05) is 13.1 Å². The molecule has 0 aliphatic carbocycles. The van der Waals surface area contributed by atoms with Crippen molar-refractivity contribution >= 4 is 10.9 Å². The lowest BCUT2D eigenvalue weighted by molar-refractivity contribution is 0.0125. The molecule has 1 aromatic heterocycles. The first-order valence-corrected chi connectivity index (χ1v) is 9.41. The Kier molecular flexibility index (Phi) is 5.55. The van der Waals surface area contributed by atoms with Crippen LogP contribution in [0, 0.1) is 18.8 Å². The van der Waals surface area contributed by atoms with Gasteiger partial charge in [-0.05, 0) is 68.5 Å². The molecule has 0 radical (unpaired) electrons. The number of aromatic nitrogens is 1. The van der Waals surface area contributed by atoms with Crippen LogP contribution in [-0.2, 0) is 0 Å². The molecule has 1 saturated heterocycles. The normalized spacial score (nSPS) is 20.3. The summed E-state index contributed by atoms with van der Waals surface area (Å²) >= 11 is 0. The van der Waals surface area contributed by atoms with Crippen molar-refractivity contribution in [1.29, 1.82) is 0 Å². The monoisotopic (exact) mass is 338 g/mol. The molecule has 2 aromatic rings. The van der Waals surface area contributed by atoms with E-state index in [1.807, 2.05) is 24.4 Å². The number of piperidine rings is 1. The first kappa shape index (κ1) is 18.1. The van der Waals surface area contributed by atoms with Crippen molar-refractivity contribution in [3.8, 4) is 0 Å². The molecule has 0 amide bonds. The van der Waals surface area contributed by atoms with E-state index in [2.05, 4.69) is 49.4 Å².